The number of nitrogens with one attached hydrogen (secondary N) is 1. The molecule has 1 fully saturated rings. The van der Waals surface area contributed by atoms with Gasteiger partial charge in [0.1, 0.15) is 11.3 Å². The molecule has 0 bridgehead atoms. The summed E-state index contributed by atoms with van der Waals surface area (Å²) in [6.07, 6.45) is 6.68. The molecular weight excluding hydrogens is 264 g/mol. The number of hydrogen-bond acceptors (Lipinski definition) is 3. The summed E-state index contributed by atoms with van der Waals surface area (Å²) in [5.74, 6) is -0.368. The predicted molar refractivity (Wildman–Crippen MR) is 81.0 cm³/mol. The third kappa shape index (κ3) is 3.55. The maximum Gasteiger partial charge on any atom is 0.256 e. The van der Waals surface area contributed by atoms with Gasteiger partial charge in [0.2, 0.25) is 0 Å². The lowest BCUT2D eigenvalue weighted by atomic mass is 9.85. The van der Waals surface area contributed by atoms with E-state index in [1.165, 1.54) is 6.42 Å². The normalized spacial score (nSPS) is 18.1. The van der Waals surface area contributed by atoms with Gasteiger partial charge in [-0.1, -0.05) is 44.2 Å². The van der Waals surface area contributed by atoms with Crippen LogP contribution in [0.4, 0.5) is 0 Å². The molecule has 2 rings (SSSR count). The van der Waals surface area contributed by atoms with Crippen molar-refractivity contribution < 1.29 is 9.90 Å². The Morgan fingerprint density at radius 3 is 2.48 bits per heavy atom. The van der Waals surface area contributed by atoms with Crippen molar-refractivity contribution in [3.05, 3.63) is 29.3 Å². The average Bonchev–Trinajstić information content (AvgIpc) is 2.45. The Kier molecular flexibility index (Phi) is 4.85. The van der Waals surface area contributed by atoms with E-state index >= 15 is 0 Å². The van der Waals surface area contributed by atoms with Crippen LogP contribution < -0.4 is 5.32 Å². The molecule has 4 heteroatoms. The number of nitrogens with zero attached hydrogens (tertiary/aromatic N) is 1. The van der Waals surface area contributed by atoms with E-state index in [1.54, 1.807) is 25.1 Å². The van der Waals surface area contributed by atoms with Gasteiger partial charge in [-0.3, -0.25) is 4.79 Å². The highest BCUT2D eigenvalue weighted by Gasteiger charge is 2.32. The maximum atomic E-state index is 12.4. The minimum absolute atomic E-state index is 0.00562. The Balaban J connectivity index is 2.19. The van der Waals surface area contributed by atoms with E-state index in [9.17, 15) is 15.2 Å². The summed E-state index contributed by atoms with van der Waals surface area (Å²) in [4.78, 5) is 12.4. The van der Waals surface area contributed by atoms with E-state index in [1.807, 2.05) is 0 Å². The van der Waals surface area contributed by atoms with Crippen LogP contribution in [0.15, 0.2) is 18.2 Å². The third-order valence-electron chi connectivity index (χ3n) is 4.26. The van der Waals surface area contributed by atoms with E-state index in [0.717, 1.165) is 25.7 Å². The summed E-state index contributed by atoms with van der Waals surface area (Å²) >= 11 is 0. The summed E-state index contributed by atoms with van der Waals surface area (Å²) in [6, 6.07) is 7.38. The minimum atomic E-state index is -0.798. The fourth-order valence-corrected chi connectivity index (χ4v) is 2.90. The number of carbonyl (C=O) groups is 1. The summed E-state index contributed by atoms with van der Waals surface area (Å²) in [5.41, 5.74) is 0.103. The molecule has 1 aromatic carbocycles. The van der Waals surface area contributed by atoms with Crippen LogP contribution in [0, 0.1) is 18.3 Å². The van der Waals surface area contributed by atoms with Crippen LogP contribution in [0.1, 0.15) is 60.9 Å². The van der Waals surface area contributed by atoms with Gasteiger partial charge in [-0.25, -0.2) is 0 Å². The van der Waals surface area contributed by atoms with Crippen molar-refractivity contribution in [2.24, 2.45) is 0 Å². The van der Waals surface area contributed by atoms with Gasteiger partial charge in [-0.05, 0) is 31.4 Å². The largest absolute Gasteiger partial charge is 0.507 e. The molecule has 21 heavy (non-hydrogen) atoms. The van der Waals surface area contributed by atoms with Crippen LogP contribution in [0.3, 0.4) is 0 Å². The van der Waals surface area contributed by atoms with Gasteiger partial charge in [-0.15, -0.1) is 0 Å². The van der Waals surface area contributed by atoms with E-state index < -0.39 is 5.54 Å². The molecule has 0 spiro atoms. The molecule has 0 heterocycles. The van der Waals surface area contributed by atoms with Crippen LogP contribution in [0.2, 0.25) is 0 Å². The standard InChI is InChI=1S/C17H22N2O2/c1-13-8-7-9-14(15(13)20)16(21)19-17(12-18)10-5-3-2-4-6-11-17/h7-9,20H,2-6,10-11H2,1H3,(H,19,21). The van der Waals surface area contributed by atoms with E-state index in [-0.39, 0.29) is 17.2 Å². The Hall–Kier alpha value is -2.02. The number of aromatic hydroxyl groups is 1. The number of carbonyl (C=O) groups excluding carboxylic acids is 1. The fourth-order valence-electron chi connectivity index (χ4n) is 2.90. The molecule has 0 saturated heterocycles. The molecule has 1 aliphatic rings. The first-order valence-corrected chi connectivity index (χ1v) is 7.60. The van der Waals surface area contributed by atoms with Gasteiger partial charge in [0.25, 0.3) is 5.91 Å². The van der Waals surface area contributed by atoms with E-state index in [0.29, 0.717) is 18.4 Å². The van der Waals surface area contributed by atoms with Crippen LogP contribution in [-0.4, -0.2) is 16.6 Å². The highest BCUT2D eigenvalue weighted by atomic mass is 16.3. The fraction of sp³-hybridized carbons (Fsp3) is 0.529. The SMILES string of the molecule is Cc1cccc(C(=O)NC2(C#N)CCCCCCC2)c1O. The van der Waals surface area contributed by atoms with Crippen LogP contribution >= 0.6 is 0 Å². The van der Waals surface area contributed by atoms with Crippen LogP contribution in [-0.2, 0) is 0 Å². The van der Waals surface area contributed by atoms with Gasteiger partial charge in [0.05, 0.1) is 11.6 Å². The van der Waals surface area contributed by atoms with Crippen molar-refractivity contribution in [3.8, 4) is 11.8 Å². The second kappa shape index (κ2) is 6.62. The molecule has 0 unspecified atom stereocenters. The van der Waals surface area contributed by atoms with Gasteiger partial charge >= 0.3 is 0 Å². The summed E-state index contributed by atoms with van der Waals surface area (Å²) in [6.45, 7) is 1.75. The molecule has 1 saturated carbocycles. The number of phenolic OH excluding ortho intramolecular Hbond substituents is 1. The number of para-hydroxylation sites is 1. The van der Waals surface area contributed by atoms with Gasteiger partial charge in [0.15, 0.2) is 0 Å². The zero-order valence-corrected chi connectivity index (χ0v) is 12.5. The summed E-state index contributed by atoms with van der Waals surface area (Å²) in [7, 11) is 0. The number of aryl methyl sites for hydroxylation is 1. The second-order valence-electron chi connectivity index (χ2n) is 5.89. The first-order valence-electron chi connectivity index (χ1n) is 7.60. The number of rotatable bonds is 2. The smallest absolute Gasteiger partial charge is 0.256 e. The number of benzene rings is 1. The topological polar surface area (TPSA) is 73.1 Å². The zero-order valence-electron chi connectivity index (χ0n) is 12.5. The molecule has 1 amide bonds. The number of hydrogen-bond donors (Lipinski definition) is 2. The van der Waals surface area contributed by atoms with Crippen molar-refractivity contribution in [2.45, 2.75) is 57.4 Å². The lowest BCUT2D eigenvalue weighted by Crippen LogP contribution is -2.47. The molecule has 0 aliphatic heterocycles. The summed E-state index contributed by atoms with van der Waals surface area (Å²) in [5, 5.41) is 22.4. The molecule has 112 valence electrons. The van der Waals surface area contributed by atoms with Crippen molar-refractivity contribution in [1.29, 1.82) is 5.26 Å². The highest BCUT2D eigenvalue weighted by molar-refractivity contribution is 5.97. The van der Waals surface area contributed by atoms with E-state index in [2.05, 4.69) is 11.4 Å². The number of phenols is 1. The molecule has 0 aromatic heterocycles. The van der Waals surface area contributed by atoms with Gasteiger partial charge in [0, 0.05) is 0 Å². The average molecular weight is 286 g/mol. The summed E-state index contributed by atoms with van der Waals surface area (Å²) < 4.78 is 0. The molecule has 4 nitrogen and oxygen atoms in total. The van der Waals surface area contributed by atoms with Crippen molar-refractivity contribution >= 4 is 5.91 Å². The monoisotopic (exact) mass is 286 g/mol. The van der Waals surface area contributed by atoms with E-state index in [4.69, 9.17) is 0 Å². The minimum Gasteiger partial charge on any atom is -0.507 e. The van der Waals surface area contributed by atoms with Crippen molar-refractivity contribution in [2.75, 3.05) is 0 Å². The maximum absolute atomic E-state index is 12.4. The van der Waals surface area contributed by atoms with Crippen molar-refractivity contribution in [3.63, 3.8) is 0 Å². The predicted octanol–water partition coefficient (Wildman–Crippen LogP) is 3.44. The molecule has 1 aliphatic carbocycles. The zero-order chi connectivity index (χ0) is 15.3. The Morgan fingerprint density at radius 1 is 1.24 bits per heavy atom. The Bertz CT molecular complexity index is 552. The molecule has 0 atom stereocenters. The lowest BCUT2D eigenvalue weighted by molar-refractivity contribution is 0.0905. The van der Waals surface area contributed by atoms with Crippen LogP contribution in [0.25, 0.3) is 0 Å². The Labute approximate surface area is 125 Å². The first-order chi connectivity index (χ1) is 10.1. The molecule has 0 radical (unpaired) electrons. The van der Waals surface area contributed by atoms with Gasteiger partial charge < -0.3 is 10.4 Å². The van der Waals surface area contributed by atoms with Crippen molar-refractivity contribution in [1.82, 2.24) is 5.32 Å². The highest BCUT2D eigenvalue weighted by Crippen LogP contribution is 2.28. The lowest BCUT2D eigenvalue weighted by Gasteiger charge is -2.29. The number of nitriles is 1. The third-order valence-corrected chi connectivity index (χ3v) is 4.26. The second-order valence-corrected chi connectivity index (χ2v) is 5.89. The number of amides is 1. The molecule has 2 N–H and O–H groups in total. The van der Waals surface area contributed by atoms with Crippen LogP contribution in [0.5, 0.6) is 5.75 Å². The quantitative estimate of drug-likeness (QED) is 0.874. The molecular formula is C17H22N2O2. The first kappa shape index (κ1) is 15.4. The van der Waals surface area contributed by atoms with Gasteiger partial charge in [-0.2, -0.15) is 5.26 Å². The molecule has 1 aromatic rings. The Morgan fingerprint density at radius 2 is 1.86 bits per heavy atom.